The Morgan fingerprint density at radius 1 is 1.15 bits per heavy atom. The molecule has 1 heterocycles. The molecule has 140 valence electrons. The zero-order chi connectivity index (χ0) is 19.6. The third-order valence-electron chi connectivity index (χ3n) is 3.66. The van der Waals surface area contributed by atoms with Crippen LogP contribution in [0.4, 0.5) is 13.9 Å². The number of carbonyl (C=O) groups is 1. The molecule has 5 nitrogen and oxygen atoms in total. The molecule has 3 aromatic rings. The van der Waals surface area contributed by atoms with Crippen molar-refractivity contribution in [2.45, 2.75) is 0 Å². The maximum absolute atomic E-state index is 13.4. The van der Waals surface area contributed by atoms with Crippen LogP contribution in [0.2, 0.25) is 5.02 Å². The van der Waals surface area contributed by atoms with E-state index in [9.17, 15) is 13.6 Å². The quantitative estimate of drug-likeness (QED) is 0.600. The van der Waals surface area contributed by atoms with Gasteiger partial charge in [0.25, 0.3) is 5.91 Å². The fraction of sp³-hybridized carbons (Fsp3) is 0.111. The van der Waals surface area contributed by atoms with Crippen LogP contribution >= 0.6 is 22.9 Å². The van der Waals surface area contributed by atoms with Gasteiger partial charge in [-0.3, -0.25) is 10.1 Å². The van der Waals surface area contributed by atoms with Gasteiger partial charge in [0.1, 0.15) is 11.5 Å². The molecule has 3 rings (SSSR count). The number of halogens is 3. The number of anilines is 1. The van der Waals surface area contributed by atoms with Gasteiger partial charge in [-0.1, -0.05) is 11.6 Å². The second kappa shape index (κ2) is 7.89. The lowest BCUT2D eigenvalue weighted by atomic mass is 10.1. The number of rotatable bonds is 5. The normalized spacial score (nSPS) is 10.6. The van der Waals surface area contributed by atoms with Gasteiger partial charge in [-0.2, -0.15) is 0 Å². The third-order valence-corrected chi connectivity index (χ3v) is 4.73. The number of thiazole rings is 1. The average Bonchev–Trinajstić information content (AvgIpc) is 3.12. The molecule has 0 radical (unpaired) electrons. The lowest BCUT2D eigenvalue weighted by molar-refractivity contribution is 0.102. The molecule has 0 aliphatic carbocycles. The van der Waals surface area contributed by atoms with Crippen molar-refractivity contribution >= 4 is 34.0 Å². The number of hydrogen-bond donors (Lipinski definition) is 1. The SMILES string of the molecule is COc1ccc(OC)c(-c2csc(NC(=O)c3cc(F)c(F)cc3Cl)n2)c1. The molecule has 9 heteroatoms. The molecule has 0 atom stereocenters. The van der Waals surface area contributed by atoms with Crippen LogP contribution in [0.15, 0.2) is 35.7 Å². The van der Waals surface area contributed by atoms with E-state index in [4.69, 9.17) is 21.1 Å². The molecule has 2 aromatic carbocycles. The Morgan fingerprint density at radius 2 is 1.89 bits per heavy atom. The average molecular weight is 411 g/mol. The van der Waals surface area contributed by atoms with Crippen LogP contribution < -0.4 is 14.8 Å². The van der Waals surface area contributed by atoms with Crippen molar-refractivity contribution in [2.24, 2.45) is 0 Å². The van der Waals surface area contributed by atoms with Crippen molar-refractivity contribution in [3.05, 3.63) is 57.9 Å². The van der Waals surface area contributed by atoms with E-state index in [2.05, 4.69) is 10.3 Å². The standard InChI is InChI=1S/C18H13ClF2N2O3S/c1-25-9-3-4-16(26-2)11(5-9)15-8-27-18(22-15)23-17(24)10-6-13(20)14(21)7-12(10)19/h3-8H,1-2H3,(H,22,23,24). The number of ether oxygens (including phenoxy) is 2. The molecular weight excluding hydrogens is 398 g/mol. The Balaban J connectivity index is 1.87. The summed E-state index contributed by atoms with van der Waals surface area (Å²) >= 11 is 6.98. The largest absolute Gasteiger partial charge is 0.497 e. The second-order valence-corrected chi connectivity index (χ2v) is 6.57. The highest BCUT2D eigenvalue weighted by molar-refractivity contribution is 7.14. The highest BCUT2D eigenvalue weighted by Gasteiger charge is 2.17. The van der Waals surface area contributed by atoms with Crippen LogP contribution in [0.3, 0.4) is 0 Å². The Bertz CT molecular complexity index is 1010. The predicted octanol–water partition coefficient (Wildman–Crippen LogP) is 5.01. The van der Waals surface area contributed by atoms with E-state index in [0.29, 0.717) is 22.8 Å². The molecule has 0 fully saturated rings. The molecule has 0 unspecified atom stereocenters. The maximum Gasteiger partial charge on any atom is 0.259 e. The summed E-state index contributed by atoms with van der Waals surface area (Å²) in [5.74, 6) is -1.78. The molecule has 1 aromatic heterocycles. The first kappa shape index (κ1) is 19.1. The topological polar surface area (TPSA) is 60.5 Å². The van der Waals surface area contributed by atoms with E-state index in [1.54, 1.807) is 30.7 Å². The Labute approximate surface area is 162 Å². The summed E-state index contributed by atoms with van der Waals surface area (Å²) in [7, 11) is 3.08. The van der Waals surface area contributed by atoms with Gasteiger partial charge in [0, 0.05) is 10.9 Å². The van der Waals surface area contributed by atoms with Crippen LogP contribution in [0, 0.1) is 11.6 Å². The van der Waals surface area contributed by atoms with Gasteiger partial charge in [0.2, 0.25) is 0 Å². The molecule has 0 aliphatic rings. The highest BCUT2D eigenvalue weighted by Crippen LogP contribution is 2.35. The zero-order valence-corrected chi connectivity index (χ0v) is 15.8. The summed E-state index contributed by atoms with van der Waals surface area (Å²) in [5, 5.41) is 4.31. The van der Waals surface area contributed by atoms with Crippen molar-refractivity contribution in [3.63, 3.8) is 0 Å². The molecule has 0 bridgehead atoms. The number of methoxy groups -OCH3 is 2. The fourth-order valence-electron chi connectivity index (χ4n) is 2.33. The fourth-order valence-corrected chi connectivity index (χ4v) is 3.27. The maximum atomic E-state index is 13.4. The van der Waals surface area contributed by atoms with Gasteiger partial charge >= 0.3 is 0 Å². The number of benzene rings is 2. The summed E-state index contributed by atoms with van der Waals surface area (Å²) in [6.45, 7) is 0. The minimum absolute atomic E-state index is 0.189. The van der Waals surface area contributed by atoms with Gasteiger partial charge in [-0.15, -0.1) is 11.3 Å². The highest BCUT2D eigenvalue weighted by atomic mass is 35.5. The van der Waals surface area contributed by atoms with Crippen LogP contribution in [0.25, 0.3) is 11.3 Å². The van der Waals surface area contributed by atoms with Crippen molar-refractivity contribution < 1.29 is 23.0 Å². The minimum atomic E-state index is -1.16. The number of amides is 1. The van der Waals surface area contributed by atoms with Crippen molar-refractivity contribution in [1.29, 1.82) is 0 Å². The van der Waals surface area contributed by atoms with E-state index in [-0.39, 0.29) is 15.7 Å². The Hall–Kier alpha value is -2.71. The summed E-state index contributed by atoms with van der Waals surface area (Å²) in [6.07, 6.45) is 0. The van der Waals surface area contributed by atoms with Crippen molar-refractivity contribution in [1.82, 2.24) is 4.98 Å². The smallest absolute Gasteiger partial charge is 0.259 e. The van der Waals surface area contributed by atoms with E-state index in [1.165, 1.54) is 7.11 Å². The number of carbonyl (C=O) groups excluding carboxylic acids is 1. The van der Waals surface area contributed by atoms with Crippen molar-refractivity contribution in [3.8, 4) is 22.8 Å². The van der Waals surface area contributed by atoms with Crippen LogP contribution in [-0.4, -0.2) is 25.1 Å². The van der Waals surface area contributed by atoms with E-state index in [0.717, 1.165) is 23.5 Å². The zero-order valence-electron chi connectivity index (χ0n) is 14.2. The van der Waals surface area contributed by atoms with E-state index in [1.807, 2.05) is 0 Å². The molecular formula is C18H13ClF2N2O3S. The Morgan fingerprint density at radius 3 is 2.59 bits per heavy atom. The number of nitrogens with one attached hydrogen (secondary N) is 1. The van der Waals surface area contributed by atoms with Gasteiger partial charge in [0.05, 0.1) is 30.5 Å². The predicted molar refractivity (Wildman–Crippen MR) is 100.0 cm³/mol. The first-order valence-electron chi connectivity index (χ1n) is 7.56. The molecule has 0 spiro atoms. The summed E-state index contributed by atoms with van der Waals surface area (Å²) in [5.41, 5.74) is 1.05. The van der Waals surface area contributed by atoms with E-state index < -0.39 is 17.5 Å². The van der Waals surface area contributed by atoms with Crippen LogP contribution in [0.5, 0.6) is 11.5 Å². The summed E-state index contributed by atoms with van der Waals surface area (Å²) in [4.78, 5) is 16.6. The minimum Gasteiger partial charge on any atom is -0.497 e. The molecule has 0 saturated heterocycles. The lowest BCUT2D eigenvalue weighted by Crippen LogP contribution is -2.13. The molecule has 1 N–H and O–H groups in total. The molecule has 27 heavy (non-hydrogen) atoms. The van der Waals surface area contributed by atoms with Crippen LogP contribution in [0.1, 0.15) is 10.4 Å². The Kier molecular flexibility index (Phi) is 5.57. The van der Waals surface area contributed by atoms with Gasteiger partial charge in [-0.05, 0) is 30.3 Å². The number of aromatic nitrogens is 1. The molecule has 0 saturated carbocycles. The summed E-state index contributed by atoms with van der Waals surface area (Å²) < 4.78 is 37.1. The molecule has 1 amide bonds. The number of hydrogen-bond acceptors (Lipinski definition) is 5. The number of nitrogens with zero attached hydrogens (tertiary/aromatic N) is 1. The van der Waals surface area contributed by atoms with E-state index >= 15 is 0 Å². The monoisotopic (exact) mass is 410 g/mol. The second-order valence-electron chi connectivity index (χ2n) is 5.30. The van der Waals surface area contributed by atoms with Gasteiger partial charge in [-0.25, -0.2) is 13.8 Å². The first-order chi connectivity index (χ1) is 12.9. The first-order valence-corrected chi connectivity index (χ1v) is 8.82. The van der Waals surface area contributed by atoms with Gasteiger partial charge < -0.3 is 9.47 Å². The van der Waals surface area contributed by atoms with Crippen LogP contribution in [-0.2, 0) is 0 Å². The van der Waals surface area contributed by atoms with Crippen molar-refractivity contribution in [2.75, 3.05) is 19.5 Å². The molecule has 0 aliphatic heterocycles. The summed E-state index contributed by atoms with van der Waals surface area (Å²) in [6, 6.07) is 6.74. The van der Waals surface area contributed by atoms with Gasteiger partial charge in [0.15, 0.2) is 16.8 Å². The third kappa shape index (κ3) is 4.01. The lowest BCUT2D eigenvalue weighted by Gasteiger charge is -2.08.